The van der Waals surface area contributed by atoms with Crippen LogP contribution in [0.25, 0.3) is 0 Å². The van der Waals surface area contributed by atoms with Crippen LogP contribution in [0.4, 0.5) is 0 Å². The lowest BCUT2D eigenvalue weighted by molar-refractivity contribution is 0.0649. The second kappa shape index (κ2) is 4.87. The molecule has 0 spiro atoms. The van der Waals surface area contributed by atoms with Crippen LogP contribution >= 0.6 is 0 Å². The molecular weight excluding hydrogens is 216 g/mol. The van der Waals surface area contributed by atoms with Gasteiger partial charge in [0.15, 0.2) is 0 Å². The van der Waals surface area contributed by atoms with Crippen LogP contribution in [0.5, 0.6) is 0 Å². The monoisotopic (exact) mass is 236 g/mol. The Balaban J connectivity index is 2.12. The van der Waals surface area contributed by atoms with Gasteiger partial charge in [0.1, 0.15) is 5.69 Å². The minimum atomic E-state index is 0.0298. The van der Waals surface area contributed by atoms with E-state index in [-0.39, 0.29) is 11.9 Å². The van der Waals surface area contributed by atoms with E-state index in [1.54, 1.807) is 0 Å². The molecule has 2 rings (SSSR count). The van der Waals surface area contributed by atoms with Crippen LogP contribution in [0.2, 0.25) is 0 Å². The van der Waals surface area contributed by atoms with E-state index in [4.69, 9.17) is 0 Å². The first-order valence-corrected chi connectivity index (χ1v) is 6.16. The summed E-state index contributed by atoms with van der Waals surface area (Å²) in [6, 6.07) is 2.09. The second-order valence-electron chi connectivity index (χ2n) is 4.91. The largest absolute Gasteiger partial charge is 0.332 e. The van der Waals surface area contributed by atoms with Gasteiger partial charge in [0.05, 0.1) is 0 Å². The summed E-state index contributed by atoms with van der Waals surface area (Å²) < 4.78 is 0. The number of piperazine rings is 1. The average molecular weight is 236 g/mol. The lowest BCUT2D eigenvalue weighted by atomic mass is 10.1. The number of carbonyl (C=O) groups is 1. The summed E-state index contributed by atoms with van der Waals surface area (Å²) in [5, 5.41) is 10.3. The van der Waals surface area contributed by atoms with Crippen molar-refractivity contribution in [2.45, 2.75) is 32.7 Å². The first-order valence-electron chi connectivity index (χ1n) is 6.16. The zero-order chi connectivity index (χ0) is 12.4. The maximum Gasteiger partial charge on any atom is 0.274 e. The van der Waals surface area contributed by atoms with Crippen molar-refractivity contribution in [2.75, 3.05) is 19.6 Å². The van der Waals surface area contributed by atoms with Crippen molar-refractivity contribution in [3.05, 3.63) is 17.5 Å². The number of aromatic nitrogens is 2. The van der Waals surface area contributed by atoms with Gasteiger partial charge in [-0.2, -0.15) is 5.10 Å². The fraction of sp³-hybridized carbons (Fsp3) is 0.667. The molecule has 1 aliphatic rings. The van der Waals surface area contributed by atoms with Crippen molar-refractivity contribution in [1.82, 2.24) is 20.4 Å². The second-order valence-corrected chi connectivity index (χ2v) is 4.91. The van der Waals surface area contributed by atoms with Crippen LogP contribution in [-0.2, 0) is 0 Å². The molecule has 0 unspecified atom stereocenters. The van der Waals surface area contributed by atoms with Gasteiger partial charge in [0, 0.05) is 31.4 Å². The molecule has 0 radical (unpaired) electrons. The van der Waals surface area contributed by atoms with Gasteiger partial charge in [0.25, 0.3) is 5.91 Å². The Bertz CT molecular complexity index is 399. The molecule has 1 fully saturated rings. The van der Waals surface area contributed by atoms with Crippen molar-refractivity contribution in [3.63, 3.8) is 0 Å². The number of aromatic amines is 1. The van der Waals surface area contributed by atoms with E-state index >= 15 is 0 Å². The standard InChI is InChI=1S/C12H20N4O/c1-8(2)10-6-11(15-14-10)12(17)16-5-4-13-7-9(16)3/h6,8-9,13H,4-5,7H2,1-3H3,(H,14,15)/t9-/m0/s1. The van der Waals surface area contributed by atoms with Gasteiger partial charge >= 0.3 is 0 Å². The quantitative estimate of drug-likeness (QED) is 0.804. The van der Waals surface area contributed by atoms with E-state index in [0.29, 0.717) is 11.6 Å². The summed E-state index contributed by atoms with van der Waals surface area (Å²) in [6.45, 7) is 8.68. The van der Waals surface area contributed by atoms with Crippen LogP contribution in [0.1, 0.15) is 42.9 Å². The average Bonchev–Trinajstić information content (AvgIpc) is 2.78. The van der Waals surface area contributed by atoms with Crippen LogP contribution in [0.3, 0.4) is 0 Å². The Morgan fingerprint density at radius 2 is 2.35 bits per heavy atom. The van der Waals surface area contributed by atoms with Gasteiger partial charge in [-0.1, -0.05) is 13.8 Å². The predicted octanol–water partition coefficient (Wildman–Crippen LogP) is 0.967. The fourth-order valence-corrected chi connectivity index (χ4v) is 2.03. The summed E-state index contributed by atoms with van der Waals surface area (Å²) in [5.74, 6) is 0.395. The summed E-state index contributed by atoms with van der Waals surface area (Å²) >= 11 is 0. The third kappa shape index (κ3) is 2.49. The molecule has 1 aromatic heterocycles. The van der Waals surface area contributed by atoms with E-state index in [9.17, 15) is 4.79 Å². The number of nitrogens with one attached hydrogen (secondary N) is 2. The molecular formula is C12H20N4O. The van der Waals surface area contributed by atoms with E-state index in [2.05, 4.69) is 36.3 Å². The number of amides is 1. The van der Waals surface area contributed by atoms with Crippen molar-refractivity contribution in [3.8, 4) is 0 Å². The Morgan fingerprint density at radius 3 is 2.94 bits per heavy atom. The third-order valence-corrected chi connectivity index (χ3v) is 3.20. The molecule has 1 saturated heterocycles. The zero-order valence-corrected chi connectivity index (χ0v) is 10.7. The summed E-state index contributed by atoms with van der Waals surface area (Å²) in [5.41, 5.74) is 1.54. The van der Waals surface area contributed by atoms with Gasteiger partial charge in [-0.05, 0) is 18.9 Å². The Labute approximate surface area is 102 Å². The van der Waals surface area contributed by atoms with E-state index in [1.165, 1.54) is 0 Å². The predicted molar refractivity (Wildman–Crippen MR) is 66.0 cm³/mol. The number of rotatable bonds is 2. The number of nitrogens with zero attached hydrogens (tertiary/aromatic N) is 2. The van der Waals surface area contributed by atoms with Gasteiger partial charge in [-0.3, -0.25) is 9.89 Å². The van der Waals surface area contributed by atoms with Crippen molar-refractivity contribution >= 4 is 5.91 Å². The van der Waals surface area contributed by atoms with Crippen LogP contribution in [0.15, 0.2) is 6.07 Å². The summed E-state index contributed by atoms with van der Waals surface area (Å²) in [7, 11) is 0. The zero-order valence-electron chi connectivity index (χ0n) is 10.7. The first-order chi connectivity index (χ1) is 8.09. The maximum absolute atomic E-state index is 12.3. The normalized spacial score (nSPS) is 20.9. The molecule has 0 bridgehead atoms. The molecule has 1 aromatic rings. The van der Waals surface area contributed by atoms with E-state index < -0.39 is 0 Å². The van der Waals surface area contributed by atoms with Crippen molar-refractivity contribution in [2.24, 2.45) is 0 Å². The maximum atomic E-state index is 12.3. The highest BCUT2D eigenvalue weighted by Crippen LogP contribution is 2.14. The smallest absolute Gasteiger partial charge is 0.274 e. The number of H-pyrrole nitrogens is 1. The molecule has 2 heterocycles. The topological polar surface area (TPSA) is 61.0 Å². The Hall–Kier alpha value is -1.36. The van der Waals surface area contributed by atoms with Gasteiger partial charge < -0.3 is 10.2 Å². The molecule has 0 saturated carbocycles. The van der Waals surface area contributed by atoms with E-state index in [0.717, 1.165) is 25.3 Å². The van der Waals surface area contributed by atoms with Gasteiger partial charge in [0.2, 0.25) is 0 Å². The van der Waals surface area contributed by atoms with Crippen LogP contribution in [0, 0.1) is 0 Å². The Morgan fingerprint density at radius 1 is 1.59 bits per heavy atom. The third-order valence-electron chi connectivity index (χ3n) is 3.20. The molecule has 0 aliphatic carbocycles. The molecule has 5 nitrogen and oxygen atoms in total. The highest BCUT2D eigenvalue weighted by Gasteiger charge is 2.25. The molecule has 0 aromatic carbocycles. The lowest BCUT2D eigenvalue weighted by Gasteiger charge is -2.33. The number of carbonyl (C=O) groups excluding carboxylic acids is 1. The summed E-state index contributed by atoms with van der Waals surface area (Å²) in [4.78, 5) is 14.1. The lowest BCUT2D eigenvalue weighted by Crippen LogP contribution is -2.52. The molecule has 17 heavy (non-hydrogen) atoms. The fourth-order valence-electron chi connectivity index (χ4n) is 2.03. The van der Waals surface area contributed by atoms with E-state index in [1.807, 2.05) is 11.0 Å². The Kier molecular flexibility index (Phi) is 3.47. The number of hydrogen-bond donors (Lipinski definition) is 2. The molecule has 94 valence electrons. The molecule has 1 amide bonds. The summed E-state index contributed by atoms with van der Waals surface area (Å²) in [6.07, 6.45) is 0. The van der Waals surface area contributed by atoms with Crippen LogP contribution in [-0.4, -0.2) is 46.7 Å². The molecule has 1 atom stereocenters. The molecule has 5 heteroatoms. The minimum absolute atomic E-state index is 0.0298. The van der Waals surface area contributed by atoms with Crippen LogP contribution < -0.4 is 5.32 Å². The molecule has 1 aliphatic heterocycles. The highest BCUT2D eigenvalue weighted by molar-refractivity contribution is 5.92. The van der Waals surface area contributed by atoms with Gasteiger partial charge in [-0.25, -0.2) is 0 Å². The van der Waals surface area contributed by atoms with Crippen molar-refractivity contribution < 1.29 is 4.79 Å². The first kappa shape index (κ1) is 12.1. The molecule has 2 N–H and O–H groups in total. The minimum Gasteiger partial charge on any atom is -0.332 e. The number of hydrogen-bond acceptors (Lipinski definition) is 3. The van der Waals surface area contributed by atoms with Crippen molar-refractivity contribution in [1.29, 1.82) is 0 Å². The highest BCUT2D eigenvalue weighted by atomic mass is 16.2. The SMILES string of the molecule is CC(C)c1cc(C(=O)N2CCNC[C@@H]2C)n[nH]1. The van der Waals surface area contributed by atoms with Gasteiger partial charge in [-0.15, -0.1) is 0 Å².